The highest BCUT2D eigenvalue weighted by Crippen LogP contribution is 2.36. The van der Waals surface area contributed by atoms with E-state index in [1.54, 1.807) is 30.3 Å². The lowest BCUT2D eigenvalue weighted by molar-refractivity contribution is -0.138. The van der Waals surface area contributed by atoms with Gasteiger partial charge in [0, 0.05) is 5.02 Å². The predicted octanol–water partition coefficient (Wildman–Crippen LogP) is 5.06. The molecule has 0 saturated heterocycles. The summed E-state index contributed by atoms with van der Waals surface area (Å²) in [7, 11) is 0. The fourth-order valence-corrected chi connectivity index (χ4v) is 2.40. The molecule has 112 valence electrons. The van der Waals surface area contributed by atoms with Gasteiger partial charge < -0.3 is 5.32 Å². The first-order valence-corrected chi connectivity index (χ1v) is 6.96. The molecule has 1 N–H and O–H groups in total. The van der Waals surface area contributed by atoms with E-state index in [9.17, 15) is 13.2 Å². The minimum Gasteiger partial charge on any atom is -0.307 e. The Morgan fingerprint density at radius 1 is 1.05 bits per heavy atom. The summed E-state index contributed by atoms with van der Waals surface area (Å²) in [6.45, 7) is 2.42. The van der Waals surface area contributed by atoms with E-state index in [1.807, 2.05) is 6.92 Å². The van der Waals surface area contributed by atoms with Gasteiger partial charge in [-0.3, -0.25) is 0 Å². The summed E-state index contributed by atoms with van der Waals surface area (Å²) in [6.07, 6.45) is -4.38. The standard InChI is InChI=1S/C16H15ClF3N/c1-2-21-15(11-7-9-12(17)10-8-11)13-5-3-4-6-14(13)16(18,19)20/h3-10,15,21H,2H2,1H3. The van der Waals surface area contributed by atoms with Crippen molar-refractivity contribution in [1.82, 2.24) is 5.32 Å². The van der Waals surface area contributed by atoms with Gasteiger partial charge in [-0.1, -0.05) is 48.9 Å². The Hall–Kier alpha value is -1.52. The molecule has 0 amide bonds. The molecule has 0 aromatic heterocycles. The van der Waals surface area contributed by atoms with Crippen LogP contribution in [0.2, 0.25) is 5.02 Å². The zero-order valence-corrected chi connectivity index (χ0v) is 12.2. The molecule has 0 heterocycles. The van der Waals surface area contributed by atoms with Crippen molar-refractivity contribution in [1.29, 1.82) is 0 Å². The van der Waals surface area contributed by atoms with Gasteiger partial charge >= 0.3 is 6.18 Å². The molecular formula is C16H15ClF3N. The van der Waals surface area contributed by atoms with Crippen LogP contribution < -0.4 is 5.32 Å². The minimum atomic E-state index is -4.38. The van der Waals surface area contributed by atoms with Gasteiger partial charge in [0.2, 0.25) is 0 Å². The Morgan fingerprint density at radius 3 is 2.24 bits per heavy atom. The Morgan fingerprint density at radius 2 is 1.67 bits per heavy atom. The van der Waals surface area contributed by atoms with Gasteiger partial charge in [-0.05, 0) is 35.9 Å². The molecule has 1 atom stereocenters. The summed E-state index contributed by atoms with van der Waals surface area (Å²) in [6, 6.07) is 11.9. The lowest BCUT2D eigenvalue weighted by atomic mass is 9.94. The van der Waals surface area contributed by atoms with Crippen molar-refractivity contribution in [3.05, 3.63) is 70.2 Å². The average Bonchev–Trinajstić information content (AvgIpc) is 2.45. The van der Waals surface area contributed by atoms with E-state index in [-0.39, 0.29) is 5.56 Å². The number of rotatable bonds is 4. The molecule has 0 aliphatic rings. The summed E-state index contributed by atoms with van der Waals surface area (Å²) in [5.41, 5.74) is 0.345. The predicted molar refractivity (Wildman–Crippen MR) is 78.4 cm³/mol. The molecular weight excluding hydrogens is 299 g/mol. The number of alkyl halides is 3. The van der Waals surface area contributed by atoms with Crippen molar-refractivity contribution in [3.8, 4) is 0 Å². The van der Waals surface area contributed by atoms with E-state index in [4.69, 9.17) is 11.6 Å². The molecule has 0 saturated carbocycles. The second-order valence-electron chi connectivity index (χ2n) is 4.63. The summed E-state index contributed by atoms with van der Waals surface area (Å²) < 4.78 is 39.5. The molecule has 0 spiro atoms. The lowest BCUT2D eigenvalue weighted by Gasteiger charge is -2.23. The van der Waals surface area contributed by atoms with E-state index >= 15 is 0 Å². The molecule has 2 aromatic carbocycles. The van der Waals surface area contributed by atoms with Gasteiger partial charge in [0.15, 0.2) is 0 Å². The molecule has 5 heteroatoms. The largest absolute Gasteiger partial charge is 0.416 e. The third-order valence-electron chi connectivity index (χ3n) is 3.19. The Labute approximate surface area is 126 Å². The number of hydrogen-bond acceptors (Lipinski definition) is 1. The molecule has 1 unspecified atom stereocenters. The van der Waals surface area contributed by atoms with E-state index in [2.05, 4.69) is 5.32 Å². The fourth-order valence-electron chi connectivity index (χ4n) is 2.27. The molecule has 21 heavy (non-hydrogen) atoms. The minimum absolute atomic E-state index is 0.217. The van der Waals surface area contributed by atoms with Crippen LogP contribution in [-0.4, -0.2) is 6.54 Å². The van der Waals surface area contributed by atoms with Crippen molar-refractivity contribution in [2.75, 3.05) is 6.54 Å². The highest BCUT2D eigenvalue weighted by Gasteiger charge is 2.35. The van der Waals surface area contributed by atoms with Crippen LogP contribution in [0.1, 0.15) is 29.7 Å². The second-order valence-corrected chi connectivity index (χ2v) is 5.06. The maximum Gasteiger partial charge on any atom is 0.416 e. The maximum absolute atomic E-state index is 13.2. The third-order valence-corrected chi connectivity index (χ3v) is 3.44. The van der Waals surface area contributed by atoms with Crippen LogP contribution in [0.5, 0.6) is 0 Å². The van der Waals surface area contributed by atoms with Crippen LogP contribution >= 0.6 is 11.6 Å². The van der Waals surface area contributed by atoms with E-state index < -0.39 is 17.8 Å². The second kappa shape index (κ2) is 6.50. The summed E-state index contributed by atoms with van der Waals surface area (Å²) in [4.78, 5) is 0. The van der Waals surface area contributed by atoms with Crippen molar-refractivity contribution in [3.63, 3.8) is 0 Å². The zero-order valence-electron chi connectivity index (χ0n) is 11.4. The van der Waals surface area contributed by atoms with Crippen molar-refractivity contribution < 1.29 is 13.2 Å². The van der Waals surface area contributed by atoms with Gasteiger partial charge in [0.05, 0.1) is 11.6 Å². The number of hydrogen-bond donors (Lipinski definition) is 1. The van der Waals surface area contributed by atoms with Crippen LogP contribution in [-0.2, 0) is 6.18 Å². The first kappa shape index (κ1) is 15.9. The van der Waals surface area contributed by atoms with Crippen LogP contribution in [0.15, 0.2) is 48.5 Å². The lowest BCUT2D eigenvalue weighted by Crippen LogP contribution is -2.25. The monoisotopic (exact) mass is 313 g/mol. The molecule has 0 radical (unpaired) electrons. The SMILES string of the molecule is CCNC(c1ccc(Cl)cc1)c1ccccc1C(F)(F)F. The maximum atomic E-state index is 13.2. The van der Waals surface area contributed by atoms with Gasteiger partial charge in [-0.25, -0.2) is 0 Å². The van der Waals surface area contributed by atoms with Crippen LogP contribution in [0.25, 0.3) is 0 Å². The van der Waals surface area contributed by atoms with E-state index in [0.717, 1.165) is 11.6 Å². The topological polar surface area (TPSA) is 12.0 Å². The summed E-state index contributed by atoms with van der Waals surface area (Å²) in [5.74, 6) is 0. The van der Waals surface area contributed by atoms with Crippen molar-refractivity contribution >= 4 is 11.6 Å². The van der Waals surface area contributed by atoms with E-state index in [1.165, 1.54) is 12.1 Å². The quantitative estimate of drug-likeness (QED) is 0.832. The van der Waals surface area contributed by atoms with E-state index in [0.29, 0.717) is 11.6 Å². The van der Waals surface area contributed by atoms with Crippen LogP contribution in [0, 0.1) is 0 Å². The number of nitrogens with one attached hydrogen (secondary N) is 1. The summed E-state index contributed by atoms with van der Waals surface area (Å²) in [5, 5.41) is 3.66. The van der Waals surface area contributed by atoms with Gasteiger partial charge in [-0.15, -0.1) is 0 Å². The van der Waals surface area contributed by atoms with Crippen molar-refractivity contribution in [2.45, 2.75) is 19.1 Å². The first-order chi connectivity index (χ1) is 9.93. The molecule has 0 aliphatic heterocycles. The molecule has 2 rings (SSSR count). The number of benzene rings is 2. The first-order valence-electron chi connectivity index (χ1n) is 6.58. The van der Waals surface area contributed by atoms with Crippen molar-refractivity contribution in [2.24, 2.45) is 0 Å². The van der Waals surface area contributed by atoms with Gasteiger partial charge in [-0.2, -0.15) is 13.2 Å². The molecule has 2 aromatic rings. The Balaban J connectivity index is 2.51. The smallest absolute Gasteiger partial charge is 0.307 e. The zero-order chi connectivity index (χ0) is 15.5. The number of halogens is 4. The van der Waals surface area contributed by atoms with Gasteiger partial charge in [0.1, 0.15) is 0 Å². The van der Waals surface area contributed by atoms with Crippen LogP contribution in [0.4, 0.5) is 13.2 Å². The summed E-state index contributed by atoms with van der Waals surface area (Å²) >= 11 is 5.84. The van der Waals surface area contributed by atoms with Gasteiger partial charge in [0.25, 0.3) is 0 Å². The fraction of sp³-hybridized carbons (Fsp3) is 0.250. The Kier molecular flexibility index (Phi) is 4.91. The molecule has 0 aliphatic carbocycles. The normalized spacial score (nSPS) is 13.2. The molecule has 1 nitrogen and oxygen atoms in total. The van der Waals surface area contributed by atoms with Crippen LogP contribution in [0.3, 0.4) is 0 Å². The highest BCUT2D eigenvalue weighted by molar-refractivity contribution is 6.30. The average molecular weight is 314 g/mol. The molecule has 0 fully saturated rings. The Bertz CT molecular complexity index is 593. The molecule has 0 bridgehead atoms. The third kappa shape index (κ3) is 3.77. The highest BCUT2D eigenvalue weighted by atomic mass is 35.5.